The van der Waals surface area contributed by atoms with Crippen LogP contribution in [0.1, 0.15) is 16.7 Å². The fourth-order valence-electron chi connectivity index (χ4n) is 2.69. The van der Waals surface area contributed by atoms with E-state index < -0.39 is 10.0 Å². The normalized spacial score (nSPS) is 11.8. The summed E-state index contributed by atoms with van der Waals surface area (Å²) in [6, 6.07) is 25.2. The molecule has 0 fully saturated rings. The summed E-state index contributed by atoms with van der Waals surface area (Å²) in [5.74, 6) is -0.217. The highest BCUT2D eigenvalue weighted by atomic mass is 32.2. The van der Waals surface area contributed by atoms with Gasteiger partial charge in [0.15, 0.2) is 0 Å². The third-order valence-electron chi connectivity index (χ3n) is 4.14. The van der Waals surface area contributed by atoms with Gasteiger partial charge in [0.2, 0.25) is 10.0 Å². The Balaban J connectivity index is 1.79. The molecular formula is C22H20N2O3S. The number of hydrogen-bond acceptors (Lipinski definition) is 3. The van der Waals surface area contributed by atoms with Crippen molar-refractivity contribution >= 4 is 27.6 Å². The summed E-state index contributed by atoms with van der Waals surface area (Å²) in [5, 5.41) is 7.99. The topological polar surface area (TPSA) is 89.3 Å². The van der Waals surface area contributed by atoms with E-state index in [2.05, 4.69) is 5.32 Å². The van der Waals surface area contributed by atoms with Crippen LogP contribution in [0, 0.1) is 0 Å². The Morgan fingerprint density at radius 3 is 2.00 bits per heavy atom. The van der Waals surface area contributed by atoms with E-state index in [1.807, 2.05) is 66.7 Å². The molecule has 142 valence electrons. The molecule has 6 heteroatoms. The summed E-state index contributed by atoms with van der Waals surface area (Å²) in [6.07, 6.45) is 1.84. The Bertz CT molecular complexity index is 1080. The molecule has 0 radical (unpaired) electrons. The van der Waals surface area contributed by atoms with Gasteiger partial charge in [-0.1, -0.05) is 72.8 Å². The molecule has 0 spiro atoms. The second kappa shape index (κ2) is 8.65. The number of carbonyl (C=O) groups is 1. The van der Waals surface area contributed by atoms with E-state index in [0.29, 0.717) is 5.57 Å². The zero-order valence-corrected chi connectivity index (χ0v) is 15.9. The number of hydrogen-bond donors (Lipinski definition) is 2. The van der Waals surface area contributed by atoms with Crippen molar-refractivity contribution in [1.82, 2.24) is 5.32 Å². The highest BCUT2D eigenvalue weighted by Crippen LogP contribution is 2.19. The number of benzene rings is 3. The van der Waals surface area contributed by atoms with E-state index in [0.717, 1.165) is 16.7 Å². The van der Waals surface area contributed by atoms with Crippen molar-refractivity contribution in [3.05, 3.63) is 102 Å². The van der Waals surface area contributed by atoms with Gasteiger partial charge >= 0.3 is 0 Å². The fraction of sp³-hybridized carbons (Fsp3) is 0.0455. The first-order chi connectivity index (χ1) is 13.4. The number of carbonyl (C=O) groups excluding carboxylic acids is 1. The molecule has 28 heavy (non-hydrogen) atoms. The summed E-state index contributed by atoms with van der Waals surface area (Å²) in [5.41, 5.74) is 3.06. The van der Waals surface area contributed by atoms with Gasteiger partial charge in [0, 0.05) is 12.1 Å². The van der Waals surface area contributed by atoms with Crippen molar-refractivity contribution in [1.29, 1.82) is 0 Å². The Labute approximate surface area is 164 Å². The number of amides is 1. The van der Waals surface area contributed by atoms with Crippen LogP contribution in [0.25, 0.3) is 11.6 Å². The minimum absolute atomic E-state index is 0.0384. The van der Waals surface area contributed by atoms with E-state index in [-0.39, 0.29) is 17.3 Å². The molecule has 0 aliphatic heterocycles. The monoisotopic (exact) mass is 392 g/mol. The average Bonchev–Trinajstić information content (AvgIpc) is 2.71. The first-order valence-corrected chi connectivity index (χ1v) is 10.2. The van der Waals surface area contributed by atoms with Crippen molar-refractivity contribution < 1.29 is 13.2 Å². The molecule has 0 unspecified atom stereocenters. The first-order valence-electron chi connectivity index (χ1n) is 8.65. The van der Waals surface area contributed by atoms with Crippen LogP contribution >= 0.6 is 0 Å². The molecule has 3 aromatic rings. The zero-order valence-electron chi connectivity index (χ0n) is 15.1. The van der Waals surface area contributed by atoms with Crippen molar-refractivity contribution in [3.8, 4) is 0 Å². The quantitative estimate of drug-likeness (QED) is 0.499. The highest BCUT2D eigenvalue weighted by Gasteiger charge is 2.12. The van der Waals surface area contributed by atoms with Crippen LogP contribution in [0.4, 0.5) is 0 Å². The Morgan fingerprint density at radius 2 is 1.43 bits per heavy atom. The molecule has 0 saturated carbocycles. The van der Waals surface area contributed by atoms with Gasteiger partial charge in [-0.05, 0) is 34.9 Å². The van der Waals surface area contributed by atoms with Gasteiger partial charge in [-0.25, -0.2) is 13.6 Å². The lowest BCUT2D eigenvalue weighted by atomic mass is 10.0. The van der Waals surface area contributed by atoms with E-state index >= 15 is 0 Å². The number of rotatable bonds is 6. The Kier molecular flexibility index (Phi) is 6.03. The predicted octanol–water partition coefficient (Wildman–Crippen LogP) is 3.19. The maximum Gasteiger partial charge on any atom is 0.252 e. The molecule has 0 aliphatic carbocycles. The molecule has 0 aliphatic rings. The van der Waals surface area contributed by atoms with Crippen LogP contribution in [0.15, 0.2) is 89.8 Å². The van der Waals surface area contributed by atoms with Gasteiger partial charge in [-0.15, -0.1) is 0 Å². The van der Waals surface area contributed by atoms with Gasteiger partial charge in [0.05, 0.1) is 4.90 Å². The van der Waals surface area contributed by atoms with Gasteiger partial charge < -0.3 is 5.32 Å². The van der Waals surface area contributed by atoms with Crippen LogP contribution in [0.2, 0.25) is 0 Å². The maximum atomic E-state index is 12.9. The summed E-state index contributed by atoms with van der Waals surface area (Å²) in [6.45, 7) is 0.267. The van der Waals surface area contributed by atoms with Gasteiger partial charge in [-0.3, -0.25) is 4.79 Å². The number of nitrogens with two attached hydrogens (primary N) is 1. The minimum atomic E-state index is -3.73. The smallest absolute Gasteiger partial charge is 0.252 e. The molecule has 3 N–H and O–H groups in total. The lowest BCUT2D eigenvalue weighted by molar-refractivity contribution is -0.115. The molecule has 0 saturated heterocycles. The van der Waals surface area contributed by atoms with E-state index in [1.165, 1.54) is 12.1 Å². The predicted molar refractivity (Wildman–Crippen MR) is 110 cm³/mol. The summed E-state index contributed by atoms with van der Waals surface area (Å²) in [7, 11) is -3.73. The first kappa shape index (κ1) is 19.5. The molecular weight excluding hydrogens is 372 g/mol. The van der Waals surface area contributed by atoms with Crippen LogP contribution in [-0.2, 0) is 21.4 Å². The van der Waals surface area contributed by atoms with E-state index in [1.54, 1.807) is 12.1 Å². The van der Waals surface area contributed by atoms with Crippen LogP contribution in [0.5, 0.6) is 0 Å². The average molecular weight is 392 g/mol. The standard InChI is InChI=1S/C22H20N2O3S/c23-28(26,27)20-13-11-18(12-14-20)16-24-22(25)21(19-9-5-2-6-10-19)15-17-7-3-1-4-8-17/h1-15H,16H2,(H,24,25)(H2,23,26,27)/b21-15-. The van der Waals surface area contributed by atoms with Gasteiger partial charge in [0.1, 0.15) is 0 Å². The minimum Gasteiger partial charge on any atom is -0.348 e. The van der Waals surface area contributed by atoms with E-state index in [9.17, 15) is 13.2 Å². The highest BCUT2D eigenvalue weighted by molar-refractivity contribution is 7.89. The molecule has 0 bridgehead atoms. The Morgan fingerprint density at radius 1 is 0.857 bits per heavy atom. The molecule has 3 aromatic carbocycles. The fourth-order valence-corrected chi connectivity index (χ4v) is 3.20. The summed E-state index contributed by atoms with van der Waals surface area (Å²) >= 11 is 0. The molecule has 0 atom stereocenters. The van der Waals surface area contributed by atoms with Crippen molar-refractivity contribution in [2.75, 3.05) is 0 Å². The van der Waals surface area contributed by atoms with Gasteiger partial charge in [0.25, 0.3) is 5.91 Å². The third kappa shape index (κ3) is 5.16. The van der Waals surface area contributed by atoms with E-state index in [4.69, 9.17) is 5.14 Å². The molecule has 3 rings (SSSR count). The van der Waals surface area contributed by atoms with Crippen LogP contribution in [0.3, 0.4) is 0 Å². The molecule has 0 heterocycles. The SMILES string of the molecule is NS(=O)(=O)c1ccc(CNC(=O)/C(=C\c2ccccc2)c2ccccc2)cc1. The van der Waals surface area contributed by atoms with Crippen LogP contribution in [-0.4, -0.2) is 14.3 Å². The van der Waals surface area contributed by atoms with Crippen molar-refractivity contribution in [3.63, 3.8) is 0 Å². The molecule has 5 nitrogen and oxygen atoms in total. The Hall–Kier alpha value is -3.22. The zero-order chi connectivity index (χ0) is 20.0. The summed E-state index contributed by atoms with van der Waals surface area (Å²) in [4.78, 5) is 12.9. The number of primary sulfonamides is 1. The lowest BCUT2D eigenvalue weighted by Crippen LogP contribution is -2.24. The number of nitrogens with one attached hydrogen (secondary N) is 1. The molecule has 0 aromatic heterocycles. The second-order valence-electron chi connectivity index (χ2n) is 6.21. The largest absolute Gasteiger partial charge is 0.348 e. The third-order valence-corrected chi connectivity index (χ3v) is 5.07. The second-order valence-corrected chi connectivity index (χ2v) is 7.77. The maximum absolute atomic E-state index is 12.9. The van der Waals surface area contributed by atoms with Crippen molar-refractivity contribution in [2.24, 2.45) is 5.14 Å². The summed E-state index contributed by atoms with van der Waals surface area (Å²) < 4.78 is 22.7. The number of sulfonamides is 1. The van der Waals surface area contributed by atoms with Gasteiger partial charge in [-0.2, -0.15) is 0 Å². The van der Waals surface area contributed by atoms with Crippen LogP contribution < -0.4 is 10.5 Å². The molecule has 1 amide bonds. The van der Waals surface area contributed by atoms with Crippen molar-refractivity contribution in [2.45, 2.75) is 11.4 Å². The lowest BCUT2D eigenvalue weighted by Gasteiger charge is -2.10.